The topological polar surface area (TPSA) is 43.8 Å². The van der Waals surface area contributed by atoms with Gasteiger partial charge >= 0.3 is 0 Å². The summed E-state index contributed by atoms with van der Waals surface area (Å²) in [7, 11) is 0. The first-order chi connectivity index (χ1) is 11.4. The number of ether oxygens (including phenoxy) is 3. The molecule has 126 valence electrons. The second kappa shape index (κ2) is 7.26. The molecule has 0 aromatic carbocycles. The highest BCUT2D eigenvalue weighted by Gasteiger charge is 2.45. The molecule has 0 N–H and O–H groups in total. The maximum Gasteiger partial charge on any atom is 0.0995 e. The average molecular weight is 318 g/mol. The van der Waals surface area contributed by atoms with Crippen LogP contribution in [-0.4, -0.2) is 60.5 Å². The van der Waals surface area contributed by atoms with Gasteiger partial charge in [0, 0.05) is 44.2 Å². The van der Waals surface area contributed by atoms with Crippen molar-refractivity contribution in [3.63, 3.8) is 0 Å². The van der Waals surface area contributed by atoms with Crippen LogP contribution in [0.4, 0.5) is 0 Å². The largest absolute Gasteiger partial charge is 0.381 e. The third kappa shape index (κ3) is 3.43. The molecule has 3 unspecified atom stereocenters. The summed E-state index contributed by atoms with van der Waals surface area (Å²) >= 11 is 0. The van der Waals surface area contributed by atoms with Crippen molar-refractivity contribution in [1.29, 1.82) is 0 Å². The van der Waals surface area contributed by atoms with Gasteiger partial charge in [0.2, 0.25) is 0 Å². The molecule has 1 aliphatic carbocycles. The van der Waals surface area contributed by atoms with Crippen molar-refractivity contribution in [2.45, 2.75) is 56.6 Å². The number of hydrogen-bond donors (Lipinski definition) is 0. The Kier molecular flexibility index (Phi) is 4.90. The van der Waals surface area contributed by atoms with Gasteiger partial charge in [0.25, 0.3) is 0 Å². The minimum Gasteiger partial charge on any atom is -0.381 e. The van der Waals surface area contributed by atoms with E-state index >= 15 is 0 Å². The van der Waals surface area contributed by atoms with Crippen molar-refractivity contribution < 1.29 is 14.2 Å². The molecule has 23 heavy (non-hydrogen) atoms. The Labute approximate surface area is 137 Å². The van der Waals surface area contributed by atoms with Crippen LogP contribution in [0.2, 0.25) is 0 Å². The molecule has 2 saturated heterocycles. The van der Waals surface area contributed by atoms with Crippen LogP contribution in [0.1, 0.15) is 31.2 Å². The van der Waals surface area contributed by atoms with Crippen molar-refractivity contribution in [2.75, 3.05) is 26.4 Å². The maximum absolute atomic E-state index is 6.33. The molecule has 3 atom stereocenters. The highest BCUT2D eigenvalue weighted by molar-refractivity contribution is 5.08. The fourth-order valence-corrected chi connectivity index (χ4v) is 4.28. The lowest BCUT2D eigenvalue weighted by atomic mass is 10.0. The van der Waals surface area contributed by atoms with Crippen LogP contribution < -0.4 is 0 Å². The zero-order valence-corrected chi connectivity index (χ0v) is 13.6. The Balaban J connectivity index is 1.44. The molecule has 1 aromatic rings. The standard InChI is InChI=1S/C18H26N2O3/c1-2-17-18(23-13-14-3-7-19-8-4-14)16(1)20(9-12-22-17)15-5-10-21-11-6-15/h3-4,7-8,15-18H,1-2,5-6,9-13H2. The Morgan fingerprint density at radius 2 is 1.91 bits per heavy atom. The van der Waals surface area contributed by atoms with E-state index in [0.717, 1.165) is 45.6 Å². The smallest absolute Gasteiger partial charge is 0.0995 e. The van der Waals surface area contributed by atoms with E-state index in [-0.39, 0.29) is 12.2 Å². The SMILES string of the molecule is c1cc(COC2C3CCC2N(C2CCOCC2)CCO3)ccn1. The molecule has 1 aromatic heterocycles. The van der Waals surface area contributed by atoms with Crippen LogP contribution in [0, 0.1) is 0 Å². The second-order valence-corrected chi connectivity index (χ2v) is 6.77. The molecular formula is C18H26N2O3. The van der Waals surface area contributed by atoms with Gasteiger partial charge in [0.05, 0.1) is 25.4 Å². The first-order valence-corrected chi connectivity index (χ1v) is 8.87. The molecule has 3 heterocycles. The fourth-order valence-electron chi connectivity index (χ4n) is 4.28. The Morgan fingerprint density at radius 3 is 2.74 bits per heavy atom. The van der Waals surface area contributed by atoms with Crippen LogP contribution in [0.3, 0.4) is 0 Å². The Morgan fingerprint density at radius 1 is 1.09 bits per heavy atom. The van der Waals surface area contributed by atoms with Crippen molar-refractivity contribution in [1.82, 2.24) is 9.88 Å². The van der Waals surface area contributed by atoms with Crippen molar-refractivity contribution in [3.8, 4) is 0 Å². The number of aromatic nitrogens is 1. The van der Waals surface area contributed by atoms with Gasteiger partial charge in [-0.15, -0.1) is 0 Å². The predicted molar refractivity (Wildman–Crippen MR) is 86.1 cm³/mol. The van der Waals surface area contributed by atoms with E-state index in [4.69, 9.17) is 14.2 Å². The summed E-state index contributed by atoms with van der Waals surface area (Å²) in [5.74, 6) is 0. The highest BCUT2D eigenvalue weighted by atomic mass is 16.5. The summed E-state index contributed by atoms with van der Waals surface area (Å²) in [5.41, 5.74) is 1.18. The molecule has 5 heteroatoms. The molecular weight excluding hydrogens is 292 g/mol. The second-order valence-electron chi connectivity index (χ2n) is 6.77. The van der Waals surface area contributed by atoms with E-state index in [1.165, 1.54) is 12.0 Å². The highest BCUT2D eigenvalue weighted by Crippen LogP contribution is 2.35. The molecule has 0 spiro atoms. The van der Waals surface area contributed by atoms with Gasteiger partial charge in [-0.1, -0.05) is 0 Å². The summed E-state index contributed by atoms with van der Waals surface area (Å²) < 4.78 is 18.0. The predicted octanol–water partition coefficient (Wildman–Crippen LogP) is 2.01. The fraction of sp³-hybridized carbons (Fsp3) is 0.722. The Hall–Kier alpha value is -1.01. The number of nitrogens with zero attached hydrogens (tertiary/aromatic N) is 2. The first-order valence-electron chi connectivity index (χ1n) is 8.87. The molecule has 4 rings (SSSR count). The van der Waals surface area contributed by atoms with Gasteiger partial charge in [-0.3, -0.25) is 9.88 Å². The van der Waals surface area contributed by atoms with Crippen molar-refractivity contribution in [2.24, 2.45) is 0 Å². The van der Waals surface area contributed by atoms with Crippen LogP contribution in [0.5, 0.6) is 0 Å². The summed E-state index contributed by atoms with van der Waals surface area (Å²) in [6.45, 7) is 4.28. The van der Waals surface area contributed by atoms with Gasteiger partial charge in [-0.2, -0.15) is 0 Å². The first kappa shape index (κ1) is 15.5. The summed E-state index contributed by atoms with van der Waals surface area (Å²) in [4.78, 5) is 6.73. The average Bonchev–Trinajstić information content (AvgIpc) is 2.90. The monoisotopic (exact) mass is 318 g/mol. The third-order valence-corrected chi connectivity index (χ3v) is 5.45. The Bertz CT molecular complexity index is 492. The lowest BCUT2D eigenvalue weighted by Crippen LogP contribution is -2.50. The molecule has 2 aliphatic heterocycles. The maximum atomic E-state index is 6.33. The van der Waals surface area contributed by atoms with Crippen LogP contribution >= 0.6 is 0 Å². The summed E-state index contributed by atoms with van der Waals surface area (Å²) in [6.07, 6.45) is 8.67. The van der Waals surface area contributed by atoms with Gasteiger partial charge in [-0.05, 0) is 43.4 Å². The van der Waals surface area contributed by atoms with Gasteiger partial charge in [-0.25, -0.2) is 0 Å². The van der Waals surface area contributed by atoms with Crippen LogP contribution in [0.25, 0.3) is 0 Å². The number of hydrogen-bond acceptors (Lipinski definition) is 5. The molecule has 3 fully saturated rings. The number of pyridine rings is 1. The number of rotatable bonds is 4. The van der Waals surface area contributed by atoms with E-state index < -0.39 is 0 Å². The summed E-state index contributed by atoms with van der Waals surface area (Å²) in [5, 5.41) is 0. The van der Waals surface area contributed by atoms with E-state index in [1.807, 2.05) is 24.5 Å². The van der Waals surface area contributed by atoms with E-state index in [1.54, 1.807) is 0 Å². The van der Waals surface area contributed by atoms with Crippen LogP contribution in [-0.2, 0) is 20.8 Å². The minimum atomic E-state index is 0.188. The molecule has 5 nitrogen and oxygen atoms in total. The lowest BCUT2D eigenvalue weighted by molar-refractivity contribution is -0.0666. The summed E-state index contributed by atoms with van der Waals surface area (Å²) in [6, 6.07) is 5.17. The van der Waals surface area contributed by atoms with Gasteiger partial charge < -0.3 is 14.2 Å². The molecule has 2 bridgehead atoms. The lowest BCUT2D eigenvalue weighted by Gasteiger charge is -2.39. The van der Waals surface area contributed by atoms with E-state index in [9.17, 15) is 0 Å². The quantitative estimate of drug-likeness (QED) is 0.850. The van der Waals surface area contributed by atoms with E-state index in [2.05, 4.69) is 9.88 Å². The minimum absolute atomic E-state index is 0.188. The van der Waals surface area contributed by atoms with Crippen molar-refractivity contribution >= 4 is 0 Å². The van der Waals surface area contributed by atoms with Crippen molar-refractivity contribution in [3.05, 3.63) is 30.1 Å². The van der Waals surface area contributed by atoms with E-state index in [0.29, 0.717) is 18.7 Å². The van der Waals surface area contributed by atoms with Crippen LogP contribution in [0.15, 0.2) is 24.5 Å². The third-order valence-electron chi connectivity index (χ3n) is 5.45. The molecule has 1 saturated carbocycles. The van der Waals surface area contributed by atoms with Gasteiger partial charge in [0.15, 0.2) is 0 Å². The molecule has 0 radical (unpaired) electrons. The normalized spacial score (nSPS) is 32.8. The zero-order valence-electron chi connectivity index (χ0n) is 13.6. The molecule has 0 amide bonds. The van der Waals surface area contributed by atoms with Gasteiger partial charge in [0.1, 0.15) is 0 Å². The number of fused-ring (bicyclic) bond motifs is 2. The zero-order chi connectivity index (χ0) is 15.5. The molecule has 3 aliphatic rings.